The van der Waals surface area contributed by atoms with E-state index in [-0.39, 0.29) is 25.0 Å². The standard InChI is InChI=1S/C24H40N6O6/c1-15(28-22(33)18(27)14-16-8-10-17(31)11-9-16)21(32)29-19(6-2-4-12-25)23(34)30-20(24(35)36)7-3-5-13-26/h8-11,15,18-20,31H,2-7,12-14,25-27H2,1H3,(H,28,33)(H,29,32)(H,30,34)(H,35,36). The van der Waals surface area contributed by atoms with Crippen molar-refractivity contribution in [1.29, 1.82) is 0 Å². The first-order valence-electron chi connectivity index (χ1n) is 12.2. The van der Waals surface area contributed by atoms with E-state index in [1.54, 1.807) is 12.1 Å². The fourth-order valence-corrected chi connectivity index (χ4v) is 3.45. The second-order valence-electron chi connectivity index (χ2n) is 8.74. The Morgan fingerprint density at radius 2 is 1.33 bits per heavy atom. The number of aromatic hydroxyl groups is 1. The normalized spacial score (nSPS) is 14.2. The molecule has 1 aromatic rings. The van der Waals surface area contributed by atoms with Gasteiger partial charge in [-0.25, -0.2) is 4.79 Å². The number of rotatable bonds is 17. The molecule has 0 aliphatic heterocycles. The smallest absolute Gasteiger partial charge is 0.326 e. The van der Waals surface area contributed by atoms with Gasteiger partial charge in [0.1, 0.15) is 23.9 Å². The molecule has 0 aliphatic rings. The van der Waals surface area contributed by atoms with Crippen molar-refractivity contribution in [2.24, 2.45) is 17.2 Å². The Morgan fingerprint density at radius 1 is 0.806 bits per heavy atom. The van der Waals surface area contributed by atoms with Gasteiger partial charge in [0, 0.05) is 0 Å². The third-order valence-electron chi connectivity index (χ3n) is 5.62. The minimum atomic E-state index is -1.17. The molecule has 0 bridgehead atoms. The van der Waals surface area contributed by atoms with Crippen molar-refractivity contribution in [3.8, 4) is 5.75 Å². The van der Waals surface area contributed by atoms with Crippen molar-refractivity contribution < 1.29 is 29.4 Å². The van der Waals surface area contributed by atoms with Crippen molar-refractivity contribution in [2.75, 3.05) is 13.1 Å². The van der Waals surface area contributed by atoms with Crippen molar-refractivity contribution >= 4 is 23.7 Å². The third-order valence-corrected chi connectivity index (χ3v) is 5.62. The molecular weight excluding hydrogens is 468 g/mol. The Morgan fingerprint density at radius 3 is 1.86 bits per heavy atom. The number of benzene rings is 1. The van der Waals surface area contributed by atoms with Gasteiger partial charge in [0.15, 0.2) is 0 Å². The molecule has 11 N–H and O–H groups in total. The number of carboxylic acid groups (broad SMARTS) is 1. The minimum Gasteiger partial charge on any atom is -0.508 e. The summed E-state index contributed by atoms with van der Waals surface area (Å²) in [5.41, 5.74) is 17.7. The number of aliphatic carboxylic acids is 1. The summed E-state index contributed by atoms with van der Waals surface area (Å²) in [5, 5.41) is 26.4. The molecule has 3 amide bonds. The summed E-state index contributed by atoms with van der Waals surface area (Å²) in [6.45, 7) is 2.28. The molecule has 1 aromatic carbocycles. The summed E-state index contributed by atoms with van der Waals surface area (Å²) >= 11 is 0. The predicted octanol–water partition coefficient (Wildman–Crippen LogP) is -0.921. The second-order valence-corrected chi connectivity index (χ2v) is 8.74. The Labute approximate surface area is 211 Å². The largest absolute Gasteiger partial charge is 0.508 e. The monoisotopic (exact) mass is 508 g/mol. The number of unbranched alkanes of at least 4 members (excludes halogenated alkanes) is 2. The van der Waals surface area contributed by atoms with Crippen LogP contribution in [0.5, 0.6) is 5.75 Å². The number of phenolic OH excluding ortho intramolecular Hbond substituents is 1. The number of nitrogens with one attached hydrogen (secondary N) is 3. The average Bonchev–Trinajstić information content (AvgIpc) is 2.83. The zero-order valence-corrected chi connectivity index (χ0v) is 20.7. The molecule has 4 atom stereocenters. The zero-order valence-electron chi connectivity index (χ0n) is 20.7. The van der Waals surface area contributed by atoms with Crippen LogP contribution in [0.15, 0.2) is 24.3 Å². The van der Waals surface area contributed by atoms with E-state index in [1.165, 1.54) is 19.1 Å². The highest BCUT2D eigenvalue weighted by atomic mass is 16.4. The Bertz CT molecular complexity index is 850. The van der Waals surface area contributed by atoms with Crippen LogP contribution in [-0.2, 0) is 25.6 Å². The lowest BCUT2D eigenvalue weighted by atomic mass is 10.0. The van der Waals surface area contributed by atoms with Gasteiger partial charge in [0.05, 0.1) is 6.04 Å². The third kappa shape index (κ3) is 11.5. The van der Waals surface area contributed by atoms with Crippen molar-refractivity contribution in [3.05, 3.63) is 29.8 Å². The molecule has 0 heterocycles. The predicted molar refractivity (Wildman–Crippen MR) is 135 cm³/mol. The van der Waals surface area contributed by atoms with Crippen LogP contribution in [0.3, 0.4) is 0 Å². The number of carbonyl (C=O) groups excluding carboxylic acids is 3. The summed E-state index contributed by atoms with van der Waals surface area (Å²) in [4.78, 5) is 49.6. The first-order chi connectivity index (χ1) is 17.1. The maximum atomic E-state index is 12.8. The SMILES string of the molecule is CC(NC(=O)C(N)Cc1ccc(O)cc1)C(=O)NC(CCCCN)C(=O)NC(CCCCN)C(=O)O. The first-order valence-corrected chi connectivity index (χ1v) is 12.2. The van der Waals surface area contributed by atoms with Crippen molar-refractivity contribution in [3.63, 3.8) is 0 Å². The number of hydrogen-bond acceptors (Lipinski definition) is 8. The maximum absolute atomic E-state index is 12.8. The molecule has 12 heteroatoms. The Balaban J connectivity index is 2.74. The molecule has 0 spiro atoms. The summed E-state index contributed by atoms with van der Waals surface area (Å²) in [5.74, 6) is -2.86. The molecule has 4 unspecified atom stereocenters. The molecule has 0 saturated carbocycles. The van der Waals surface area contributed by atoms with Crippen molar-refractivity contribution in [1.82, 2.24) is 16.0 Å². The van der Waals surface area contributed by atoms with Gasteiger partial charge in [0.25, 0.3) is 0 Å². The lowest BCUT2D eigenvalue weighted by Gasteiger charge is -2.24. The molecule has 36 heavy (non-hydrogen) atoms. The van der Waals surface area contributed by atoms with Crippen LogP contribution in [0.2, 0.25) is 0 Å². The summed E-state index contributed by atoms with van der Waals surface area (Å²) < 4.78 is 0. The molecule has 0 aromatic heterocycles. The average molecular weight is 509 g/mol. The van der Waals surface area contributed by atoms with E-state index < -0.39 is 47.9 Å². The van der Waals surface area contributed by atoms with Crippen LogP contribution in [0, 0.1) is 0 Å². The molecule has 0 fully saturated rings. The summed E-state index contributed by atoms with van der Waals surface area (Å²) in [6.07, 6.45) is 2.99. The maximum Gasteiger partial charge on any atom is 0.326 e. The number of hydrogen-bond donors (Lipinski definition) is 8. The highest BCUT2D eigenvalue weighted by Crippen LogP contribution is 2.11. The lowest BCUT2D eigenvalue weighted by molar-refractivity contribution is -0.142. The highest BCUT2D eigenvalue weighted by molar-refractivity contribution is 5.93. The van der Waals surface area contributed by atoms with Crippen LogP contribution < -0.4 is 33.2 Å². The van der Waals surface area contributed by atoms with E-state index in [4.69, 9.17) is 17.2 Å². The number of nitrogens with two attached hydrogens (primary N) is 3. The van der Waals surface area contributed by atoms with E-state index in [2.05, 4.69) is 16.0 Å². The number of amides is 3. The molecule has 0 radical (unpaired) electrons. The minimum absolute atomic E-state index is 0.0948. The summed E-state index contributed by atoms with van der Waals surface area (Å²) in [6, 6.07) is 2.23. The summed E-state index contributed by atoms with van der Waals surface area (Å²) in [7, 11) is 0. The molecule has 0 aliphatic carbocycles. The van der Waals surface area contributed by atoms with Crippen molar-refractivity contribution in [2.45, 2.75) is 76.0 Å². The second kappa shape index (κ2) is 16.5. The Kier molecular flexibility index (Phi) is 14.1. The van der Waals surface area contributed by atoms with Gasteiger partial charge in [-0.15, -0.1) is 0 Å². The van der Waals surface area contributed by atoms with Crippen LogP contribution >= 0.6 is 0 Å². The van der Waals surface area contributed by atoms with Gasteiger partial charge in [-0.2, -0.15) is 0 Å². The van der Waals surface area contributed by atoms with Gasteiger partial charge in [-0.05, 0) is 82.7 Å². The number of carbonyl (C=O) groups is 4. The van der Waals surface area contributed by atoms with Gasteiger partial charge in [-0.3, -0.25) is 14.4 Å². The van der Waals surface area contributed by atoms with E-state index >= 15 is 0 Å². The van der Waals surface area contributed by atoms with Crippen LogP contribution in [0.25, 0.3) is 0 Å². The Hall–Kier alpha value is -3.22. The number of phenols is 1. The number of carboxylic acids is 1. The molecule has 0 saturated heterocycles. The topological polar surface area (TPSA) is 223 Å². The quantitative estimate of drug-likeness (QED) is 0.122. The van der Waals surface area contributed by atoms with E-state index in [9.17, 15) is 29.4 Å². The van der Waals surface area contributed by atoms with Crippen LogP contribution in [0.1, 0.15) is 51.0 Å². The van der Waals surface area contributed by atoms with E-state index in [0.29, 0.717) is 38.8 Å². The fourth-order valence-electron chi connectivity index (χ4n) is 3.45. The fraction of sp³-hybridized carbons (Fsp3) is 0.583. The molecular formula is C24H40N6O6. The van der Waals surface area contributed by atoms with Gasteiger partial charge in [-0.1, -0.05) is 12.1 Å². The van der Waals surface area contributed by atoms with Gasteiger partial charge in [0.2, 0.25) is 17.7 Å². The van der Waals surface area contributed by atoms with E-state index in [0.717, 1.165) is 5.56 Å². The highest BCUT2D eigenvalue weighted by Gasteiger charge is 2.28. The van der Waals surface area contributed by atoms with Crippen LogP contribution in [0.4, 0.5) is 0 Å². The van der Waals surface area contributed by atoms with Gasteiger partial charge >= 0.3 is 5.97 Å². The first kappa shape index (κ1) is 30.8. The van der Waals surface area contributed by atoms with E-state index in [1.807, 2.05) is 0 Å². The zero-order chi connectivity index (χ0) is 27.1. The van der Waals surface area contributed by atoms with Gasteiger partial charge < -0.3 is 43.4 Å². The molecule has 1 rings (SSSR count). The lowest BCUT2D eigenvalue weighted by Crippen LogP contribution is -2.56. The molecule has 202 valence electrons. The van der Waals surface area contributed by atoms with Crippen LogP contribution in [-0.4, -0.2) is 71.2 Å². The molecule has 12 nitrogen and oxygen atoms in total.